The Bertz CT molecular complexity index is 522. The summed E-state index contributed by atoms with van der Waals surface area (Å²) in [6, 6.07) is 9.50. The molecule has 0 bridgehead atoms. The second-order valence-electron chi connectivity index (χ2n) is 3.59. The molecular formula is C13H12BrClN2O. The zero-order valence-electron chi connectivity index (χ0n) is 9.57. The van der Waals surface area contributed by atoms with Crippen LogP contribution in [0.25, 0.3) is 0 Å². The highest BCUT2D eigenvalue weighted by molar-refractivity contribution is 9.10. The number of nitrogens with one attached hydrogen (secondary N) is 1. The second-order valence-corrected chi connectivity index (χ2v) is 4.92. The molecular weight excluding hydrogens is 316 g/mol. The summed E-state index contributed by atoms with van der Waals surface area (Å²) < 4.78 is 6.45. The Kier molecular flexibility index (Phi) is 4.84. The van der Waals surface area contributed by atoms with E-state index in [0.29, 0.717) is 18.2 Å². The van der Waals surface area contributed by atoms with E-state index in [1.54, 1.807) is 12.4 Å². The number of halogens is 2. The number of pyridine rings is 1. The van der Waals surface area contributed by atoms with Gasteiger partial charge in [0.1, 0.15) is 12.4 Å². The van der Waals surface area contributed by atoms with Crippen molar-refractivity contribution in [2.45, 2.75) is 0 Å². The number of rotatable bonds is 5. The summed E-state index contributed by atoms with van der Waals surface area (Å²) in [6.07, 6.45) is 3.40. The van der Waals surface area contributed by atoms with Crippen LogP contribution < -0.4 is 10.1 Å². The molecule has 3 nitrogen and oxygen atoms in total. The Balaban J connectivity index is 1.78. The maximum absolute atomic E-state index is 6.02. The molecule has 0 amide bonds. The van der Waals surface area contributed by atoms with Crippen LogP contribution in [0.1, 0.15) is 0 Å². The van der Waals surface area contributed by atoms with Gasteiger partial charge in [-0.25, -0.2) is 0 Å². The molecule has 0 aliphatic carbocycles. The van der Waals surface area contributed by atoms with Crippen LogP contribution in [0.5, 0.6) is 5.75 Å². The largest absolute Gasteiger partial charge is 0.490 e. The van der Waals surface area contributed by atoms with Crippen molar-refractivity contribution in [3.63, 3.8) is 0 Å². The molecule has 18 heavy (non-hydrogen) atoms. The summed E-state index contributed by atoms with van der Waals surface area (Å²) >= 11 is 9.36. The molecule has 0 saturated heterocycles. The number of hydrogen-bond acceptors (Lipinski definition) is 3. The van der Waals surface area contributed by atoms with Gasteiger partial charge in [0, 0.05) is 17.2 Å². The van der Waals surface area contributed by atoms with E-state index in [2.05, 4.69) is 26.2 Å². The highest BCUT2D eigenvalue weighted by Gasteiger charge is 1.98. The molecule has 1 heterocycles. The van der Waals surface area contributed by atoms with Crippen LogP contribution in [0.2, 0.25) is 5.02 Å². The monoisotopic (exact) mass is 326 g/mol. The summed E-state index contributed by atoms with van der Waals surface area (Å²) in [4.78, 5) is 4.02. The molecule has 1 aromatic carbocycles. The fourth-order valence-electron chi connectivity index (χ4n) is 1.43. The minimum atomic E-state index is 0.545. The van der Waals surface area contributed by atoms with Crippen molar-refractivity contribution in [1.29, 1.82) is 0 Å². The van der Waals surface area contributed by atoms with Crippen LogP contribution in [0.15, 0.2) is 47.2 Å². The Hall–Kier alpha value is -1.26. The number of nitrogens with zero attached hydrogens (tertiary/aromatic N) is 1. The van der Waals surface area contributed by atoms with Crippen molar-refractivity contribution in [2.75, 3.05) is 18.5 Å². The van der Waals surface area contributed by atoms with Gasteiger partial charge in [0.05, 0.1) is 16.9 Å². The summed E-state index contributed by atoms with van der Waals surface area (Å²) in [5, 5.41) is 3.92. The molecule has 2 aromatic rings. The Morgan fingerprint density at radius 1 is 1.28 bits per heavy atom. The van der Waals surface area contributed by atoms with E-state index in [4.69, 9.17) is 16.3 Å². The lowest BCUT2D eigenvalue weighted by atomic mass is 10.3. The molecule has 0 aliphatic heterocycles. The lowest BCUT2D eigenvalue weighted by molar-refractivity contribution is 0.331. The Morgan fingerprint density at radius 3 is 2.89 bits per heavy atom. The van der Waals surface area contributed by atoms with Crippen LogP contribution in [-0.4, -0.2) is 18.1 Å². The van der Waals surface area contributed by atoms with Crippen molar-refractivity contribution in [3.8, 4) is 5.75 Å². The lowest BCUT2D eigenvalue weighted by Crippen LogP contribution is -2.11. The molecule has 0 fully saturated rings. The minimum Gasteiger partial charge on any atom is -0.490 e. The van der Waals surface area contributed by atoms with Gasteiger partial charge in [0.2, 0.25) is 0 Å². The van der Waals surface area contributed by atoms with Gasteiger partial charge in [-0.1, -0.05) is 23.7 Å². The Morgan fingerprint density at radius 2 is 2.11 bits per heavy atom. The predicted octanol–water partition coefficient (Wildman–Crippen LogP) is 3.99. The quantitative estimate of drug-likeness (QED) is 0.843. The molecule has 1 aromatic heterocycles. The molecule has 5 heteroatoms. The van der Waals surface area contributed by atoms with Gasteiger partial charge >= 0.3 is 0 Å². The van der Waals surface area contributed by atoms with Crippen molar-refractivity contribution in [2.24, 2.45) is 0 Å². The van der Waals surface area contributed by atoms with Crippen LogP contribution >= 0.6 is 27.5 Å². The van der Waals surface area contributed by atoms with Gasteiger partial charge in [-0.15, -0.1) is 0 Å². The van der Waals surface area contributed by atoms with Crippen molar-refractivity contribution >= 4 is 33.2 Å². The third kappa shape index (κ3) is 3.89. The van der Waals surface area contributed by atoms with E-state index in [-0.39, 0.29) is 0 Å². The zero-order valence-corrected chi connectivity index (χ0v) is 11.9. The molecule has 1 N–H and O–H groups in total. The fraction of sp³-hybridized carbons (Fsp3) is 0.154. The number of hydrogen-bond donors (Lipinski definition) is 1. The third-order valence-electron chi connectivity index (χ3n) is 2.24. The molecule has 0 aliphatic rings. The van der Waals surface area contributed by atoms with E-state index in [0.717, 1.165) is 15.9 Å². The van der Waals surface area contributed by atoms with Gasteiger partial charge in [0.15, 0.2) is 0 Å². The van der Waals surface area contributed by atoms with Gasteiger partial charge < -0.3 is 10.1 Å². The standard InChI is InChI=1S/C13H12BrClN2O/c14-10-7-11(9-16-8-10)18-6-5-17-13-4-2-1-3-12(13)15/h1-4,7-9,17H,5-6H2. The van der Waals surface area contributed by atoms with Crippen molar-refractivity contribution in [3.05, 3.63) is 52.2 Å². The van der Waals surface area contributed by atoms with E-state index >= 15 is 0 Å². The number of ether oxygens (including phenoxy) is 1. The number of aromatic nitrogens is 1. The number of benzene rings is 1. The molecule has 0 radical (unpaired) electrons. The highest BCUT2D eigenvalue weighted by atomic mass is 79.9. The normalized spacial score (nSPS) is 10.1. The lowest BCUT2D eigenvalue weighted by Gasteiger charge is -2.09. The molecule has 0 atom stereocenters. The van der Waals surface area contributed by atoms with Gasteiger partial charge in [0.25, 0.3) is 0 Å². The summed E-state index contributed by atoms with van der Waals surface area (Å²) in [6.45, 7) is 1.22. The first kappa shape index (κ1) is 13.2. The number of anilines is 1. The second kappa shape index (κ2) is 6.61. The predicted molar refractivity (Wildman–Crippen MR) is 77.4 cm³/mol. The molecule has 0 spiro atoms. The first-order chi connectivity index (χ1) is 8.75. The van der Waals surface area contributed by atoms with Crippen LogP contribution in [0, 0.1) is 0 Å². The van der Waals surface area contributed by atoms with Gasteiger partial charge in [-0.05, 0) is 34.1 Å². The van der Waals surface area contributed by atoms with Gasteiger partial charge in [-0.3, -0.25) is 4.98 Å². The molecule has 0 unspecified atom stereocenters. The SMILES string of the molecule is Clc1ccccc1NCCOc1cncc(Br)c1. The smallest absolute Gasteiger partial charge is 0.138 e. The third-order valence-corrected chi connectivity index (χ3v) is 3.00. The van der Waals surface area contributed by atoms with Gasteiger partial charge in [-0.2, -0.15) is 0 Å². The molecule has 2 rings (SSSR count). The summed E-state index contributed by atoms with van der Waals surface area (Å²) in [5.74, 6) is 0.741. The van der Waals surface area contributed by atoms with Crippen LogP contribution in [-0.2, 0) is 0 Å². The van der Waals surface area contributed by atoms with Crippen LogP contribution in [0.3, 0.4) is 0 Å². The maximum atomic E-state index is 6.02. The zero-order chi connectivity index (χ0) is 12.8. The summed E-state index contributed by atoms with van der Waals surface area (Å²) in [7, 11) is 0. The highest BCUT2D eigenvalue weighted by Crippen LogP contribution is 2.20. The number of para-hydroxylation sites is 1. The van der Waals surface area contributed by atoms with Crippen molar-refractivity contribution in [1.82, 2.24) is 4.98 Å². The molecule has 94 valence electrons. The first-order valence-corrected chi connectivity index (χ1v) is 6.64. The maximum Gasteiger partial charge on any atom is 0.138 e. The first-order valence-electron chi connectivity index (χ1n) is 5.47. The van der Waals surface area contributed by atoms with E-state index < -0.39 is 0 Å². The van der Waals surface area contributed by atoms with Crippen molar-refractivity contribution < 1.29 is 4.74 Å². The van der Waals surface area contributed by atoms with E-state index in [1.165, 1.54) is 0 Å². The van der Waals surface area contributed by atoms with E-state index in [1.807, 2.05) is 30.3 Å². The average Bonchev–Trinajstić information content (AvgIpc) is 2.37. The fourth-order valence-corrected chi connectivity index (χ4v) is 1.98. The molecule has 0 saturated carbocycles. The minimum absolute atomic E-state index is 0.545. The Labute approximate surface area is 119 Å². The summed E-state index contributed by atoms with van der Waals surface area (Å²) in [5.41, 5.74) is 0.912. The topological polar surface area (TPSA) is 34.1 Å². The van der Waals surface area contributed by atoms with E-state index in [9.17, 15) is 0 Å². The average molecular weight is 328 g/mol. The van der Waals surface area contributed by atoms with Crippen LogP contribution in [0.4, 0.5) is 5.69 Å².